The largest absolute Gasteiger partial charge is 0.370 e. The van der Waals surface area contributed by atoms with Crippen molar-refractivity contribution in [3.05, 3.63) is 57.8 Å². The van der Waals surface area contributed by atoms with E-state index in [0.717, 1.165) is 53.0 Å². The van der Waals surface area contributed by atoms with Gasteiger partial charge in [-0.3, -0.25) is 4.98 Å². The van der Waals surface area contributed by atoms with E-state index in [1.807, 2.05) is 35.1 Å². The normalized spacial score (nSPS) is 13.9. The van der Waals surface area contributed by atoms with Crippen LogP contribution in [0, 0.1) is 0 Å². The second kappa shape index (κ2) is 6.57. The van der Waals surface area contributed by atoms with Crippen molar-refractivity contribution in [1.82, 2.24) is 14.8 Å². The average molecular weight is 404 g/mol. The fraction of sp³-hybridized carbons (Fsp3) is 0.222. The first kappa shape index (κ1) is 15.7. The van der Waals surface area contributed by atoms with Crippen LogP contribution in [0.15, 0.2) is 47.2 Å². The minimum absolute atomic E-state index is 0.705. The first-order valence-corrected chi connectivity index (χ1v) is 9.12. The highest BCUT2D eigenvalue weighted by atomic mass is 79.9. The quantitative estimate of drug-likeness (QED) is 0.647. The van der Waals surface area contributed by atoms with E-state index in [9.17, 15) is 0 Å². The molecule has 3 heterocycles. The van der Waals surface area contributed by atoms with Gasteiger partial charge in [-0.25, -0.2) is 4.68 Å². The van der Waals surface area contributed by atoms with Crippen LogP contribution >= 0.6 is 27.5 Å². The predicted molar refractivity (Wildman–Crippen MR) is 101 cm³/mol. The molecule has 1 N–H and O–H groups in total. The van der Waals surface area contributed by atoms with Gasteiger partial charge in [0.05, 0.1) is 11.4 Å². The van der Waals surface area contributed by atoms with E-state index in [4.69, 9.17) is 16.7 Å². The van der Waals surface area contributed by atoms with Crippen LogP contribution in [-0.4, -0.2) is 21.3 Å². The van der Waals surface area contributed by atoms with E-state index >= 15 is 0 Å². The highest BCUT2D eigenvalue weighted by Gasteiger charge is 2.22. The molecule has 0 unspecified atom stereocenters. The first-order chi connectivity index (χ1) is 11.7. The standard InChI is InChI=1S/C18H16BrClN4/c19-13-8-12(10-21-11-13)17-16-6-1-2-7-22-18(16)24(23-17)15-5-3-4-14(20)9-15/h3-5,8-11,22H,1-2,6-7H2. The van der Waals surface area contributed by atoms with Crippen molar-refractivity contribution in [3.63, 3.8) is 0 Å². The number of benzene rings is 1. The summed E-state index contributed by atoms with van der Waals surface area (Å²) in [7, 11) is 0. The minimum atomic E-state index is 0.705. The van der Waals surface area contributed by atoms with Crippen LogP contribution in [-0.2, 0) is 6.42 Å². The molecular weight excluding hydrogens is 388 g/mol. The van der Waals surface area contributed by atoms with Crippen molar-refractivity contribution < 1.29 is 0 Å². The maximum Gasteiger partial charge on any atom is 0.133 e. The van der Waals surface area contributed by atoms with Gasteiger partial charge in [-0.2, -0.15) is 5.10 Å². The van der Waals surface area contributed by atoms with Crippen LogP contribution in [0.5, 0.6) is 0 Å². The molecule has 6 heteroatoms. The third-order valence-electron chi connectivity index (χ3n) is 4.16. The van der Waals surface area contributed by atoms with E-state index in [1.165, 1.54) is 5.56 Å². The lowest BCUT2D eigenvalue weighted by atomic mass is 10.1. The van der Waals surface area contributed by atoms with Gasteiger partial charge >= 0.3 is 0 Å². The zero-order valence-corrected chi connectivity index (χ0v) is 15.3. The predicted octanol–water partition coefficient (Wildman–Crippen LogP) is 5.10. The van der Waals surface area contributed by atoms with Gasteiger partial charge in [0.25, 0.3) is 0 Å². The molecule has 0 bridgehead atoms. The Bertz CT molecular complexity index is 820. The summed E-state index contributed by atoms with van der Waals surface area (Å²) in [5.41, 5.74) is 4.20. The van der Waals surface area contributed by atoms with Gasteiger partial charge in [-0.05, 0) is 59.5 Å². The van der Waals surface area contributed by atoms with Crippen molar-refractivity contribution in [3.8, 4) is 16.9 Å². The molecule has 0 spiro atoms. The first-order valence-electron chi connectivity index (χ1n) is 7.95. The smallest absolute Gasteiger partial charge is 0.133 e. The number of anilines is 1. The molecule has 3 aromatic rings. The molecule has 1 aliphatic heterocycles. The second-order valence-electron chi connectivity index (χ2n) is 5.84. The number of rotatable bonds is 2. The molecule has 0 aliphatic carbocycles. The molecule has 4 rings (SSSR count). The molecule has 0 atom stereocenters. The van der Waals surface area contributed by atoms with Crippen molar-refractivity contribution in [1.29, 1.82) is 0 Å². The van der Waals surface area contributed by atoms with E-state index in [-0.39, 0.29) is 0 Å². The van der Waals surface area contributed by atoms with Crippen LogP contribution in [0.4, 0.5) is 5.82 Å². The van der Waals surface area contributed by atoms with Gasteiger partial charge in [0.2, 0.25) is 0 Å². The van der Waals surface area contributed by atoms with Gasteiger partial charge in [0.15, 0.2) is 0 Å². The van der Waals surface area contributed by atoms with Gasteiger partial charge in [0.1, 0.15) is 5.82 Å². The number of aromatic nitrogens is 3. The molecule has 0 amide bonds. The maximum atomic E-state index is 6.18. The Labute approximate surface area is 154 Å². The highest BCUT2D eigenvalue weighted by Crippen LogP contribution is 2.34. The summed E-state index contributed by atoms with van der Waals surface area (Å²) in [6.07, 6.45) is 6.95. The molecule has 0 fully saturated rings. The number of hydrogen-bond donors (Lipinski definition) is 1. The number of halogens is 2. The Morgan fingerprint density at radius 1 is 1.17 bits per heavy atom. The molecule has 122 valence electrons. The second-order valence-corrected chi connectivity index (χ2v) is 7.20. The summed E-state index contributed by atoms with van der Waals surface area (Å²) in [6.45, 7) is 0.954. The van der Waals surface area contributed by atoms with E-state index < -0.39 is 0 Å². The Kier molecular flexibility index (Phi) is 4.29. The topological polar surface area (TPSA) is 42.7 Å². The zero-order chi connectivity index (χ0) is 16.5. The lowest BCUT2D eigenvalue weighted by Crippen LogP contribution is -2.07. The summed E-state index contributed by atoms with van der Waals surface area (Å²) in [4.78, 5) is 4.29. The Morgan fingerprint density at radius 3 is 2.92 bits per heavy atom. The van der Waals surface area contributed by atoms with Crippen molar-refractivity contribution in [2.45, 2.75) is 19.3 Å². The Hall–Kier alpha value is -1.85. The number of nitrogens with one attached hydrogen (secondary N) is 1. The SMILES string of the molecule is Clc1cccc(-n2nc(-c3cncc(Br)c3)c3c2NCCCC3)c1. The van der Waals surface area contributed by atoms with Gasteiger partial charge in [0, 0.05) is 39.6 Å². The minimum Gasteiger partial charge on any atom is -0.370 e. The maximum absolute atomic E-state index is 6.18. The lowest BCUT2D eigenvalue weighted by Gasteiger charge is -2.09. The third kappa shape index (κ3) is 2.94. The van der Waals surface area contributed by atoms with Crippen molar-refractivity contribution in [2.24, 2.45) is 0 Å². The summed E-state index contributed by atoms with van der Waals surface area (Å²) < 4.78 is 2.91. The van der Waals surface area contributed by atoms with Crippen LogP contribution < -0.4 is 5.32 Å². The summed E-state index contributed by atoms with van der Waals surface area (Å²) >= 11 is 9.68. The summed E-state index contributed by atoms with van der Waals surface area (Å²) in [5, 5.41) is 9.14. The lowest BCUT2D eigenvalue weighted by molar-refractivity contribution is 0.780. The molecule has 0 saturated carbocycles. The van der Waals surface area contributed by atoms with Crippen LogP contribution in [0.3, 0.4) is 0 Å². The van der Waals surface area contributed by atoms with Crippen molar-refractivity contribution in [2.75, 3.05) is 11.9 Å². The molecule has 0 saturated heterocycles. The summed E-state index contributed by atoms with van der Waals surface area (Å²) in [6, 6.07) is 9.84. The van der Waals surface area contributed by atoms with Gasteiger partial charge in [-0.1, -0.05) is 17.7 Å². The number of fused-ring (bicyclic) bond motifs is 1. The van der Waals surface area contributed by atoms with Crippen LogP contribution in [0.2, 0.25) is 5.02 Å². The highest BCUT2D eigenvalue weighted by molar-refractivity contribution is 9.10. The molecule has 1 aromatic carbocycles. The number of pyridine rings is 1. The fourth-order valence-corrected chi connectivity index (χ4v) is 3.62. The zero-order valence-electron chi connectivity index (χ0n) is 13.0. The van der Waals surface area contributed by atoms with E-state index in [1.54, 1.807) is 6.20 Å². The monoisotopic (exact) mass is 402 g/mol. The number of hydrogen-bond acceptors (Lipinski definition) is 3. The Morgan fingerprint density at radius 2 is 2.08 bits per heavy atom. The third-order valence-corrected chi connectivity index (χ3v) is 4.83. The molecule has 24 heavy (non-hydrogen) atoms. The van der Waals surface area contributed by atoms with Crippen LogP contribution in [0.25, 0.3) is 16.9 Å². The van der Waals surface area contributed by atoms with Crippen molar-refractivity contribution >= 4 is 33.3 Å². The Balaban J connectivity index is 1.92. The molecule has 0 radical (unpaired) electrons. The molecular formula is C18H16BrClN4. The van der Waals surface area contributed by atoms with Gasteiger partial charge < -0.3 is 5.32 Å². The summed E-state index contributed by atoms with van der Waals surface area (Å²) in [5.74, 6) is 1.06. The van der Waals surface area contributed by atoms with E-state index in [2.05, 4.69) is 32.3 Å². The molecule has 1 aliphatic rings. The molecule has 4 nitrogen and oxygen atoms in total. The number of nitrogens with zero attached hydrogens (tertiary/aromatic N) is 3. The average Bonchev–Trinajstić information content (AvgIpc) is 2.76. The van der Waals surface area contributed by atoms with Gasteiger partial charge in [-0.15, -0.1) is 0 Å². The fourth-order valence-electron chi connectivity index (χ4n) is 3.07. The van der Waals surface area contributed by atoms with E-state index in [0.29, 0.717) is 5.02 Å². The molecule has 2 aromatic heterocycles. The van der Waals surface area contributed by atoms with Crippen LogP contribution in [0.1, 0.15) is 18.4 Å².